The second kappa shape index (κ2) is 7.71. The van der Waals surface area contributed by atoms with Gasteiger partial charge >= 0.3 is 0 Å². The van der Waals surface area contributed by atoms with E-state index in [2.05, 4.69) is 127 Å². The Morgan fingerprint density at radius 1 is 0.375 bits per heavy atom. The number of rotatable bonds is 1. The zero-order valence-corrected chi connectivity index (χ0v) is 21.7. The van der Waals surface area contributed by atoms with Crippen LogP contribution in [0.4, 0.5) is 0 Å². The highest BCUT2D eigenvalue weighted by Crippen LogP contribution is 2.64. The zero-order chi connectivity index (χ0) is 26.4. The first-order valence-electron chi connectivity index (χ1n) is 13.8. The van der Waals surface area contributed by atoms with Gasteiger partial charge in [0, 0.05) is 5.56 Å². The number of aromatic hydroxyl groups is 1. The van der Waals surface area contributed by atoms with Crippen LogP contribution in [0.15, 0.2) is 140 Å². The van der Waals surface area contributed by atoms with Crippen molar-refractivity contribution in [3.8, 4) is 39.1 Å². The van der Waals surface area contributed by atoms with Crippen molar-refractivity contribution in [3.63, 3.8) is 0 Å². The molecule has 0 aliphatic heterocycles. The van der Waals surface area contributed by atoms with Gasteiger partial charge in [-0.05, 0) is 89.8 Å². The van der Waals surface area contributed by atoms with Crippen LogP contribution < -0.4 is 0 Å². The Morgan fingerprint density at radius 2 is 0.875 bits per heavy atom. The quantitative estimate of drug-likeness (QED) is 0.234. The van der Waals surface area contributed by atoms with Crippen LogP contribution in [-0.4, -0.2) is 5.11 Å². The summed E-state index contributed by atoms with van der Waals surface area (Å²) in [6.45, 7) is 0. The SMILES string of the molecule is Oc1cc2ccccc2cc1-c1cc2c(c3ccccc13)-c1ccccc1C21c2ccccc2-c2ccccc21. The van der Waals surface area contributed by atoms with Gasteiger partial charge in [0.05, 0.1) is 5.41 Å². The summed E-state index contributed by atoms with van der Waals surface area (Å²) in [6, 6.07) is 50.1. The summed E-state index contributed by atoms with van der Waals surface area (Å²) in [7, 11) is 0. The first kappa shape index (κ1) is 21.8. The molecule has 7 aromatic rings. The third kappa shape index (κ3) is 2.57. The summed E-state index contributed by atoms with van der Waals surface area (Å²) in [5, 5.41) is 15.9. The molecule has 0 bridgehead atoms. The molecule has 1 nitrogen and oxygen atoms in total. The molecule has 2 aliphatic carbocycles. The molecule has 0 radical (unpaired) electrons. The molecule has 1 spiro atoms. The fraction of sp³-hybridized carbons (Fsp3) is 0.0256. The second-order valence-electron chi connectivity index (χ2n) is 11.0. The largest absolute Gasteiger partial charge is 0.507 e. The lowest BCUT2D eigenvalue weighted by molar-refractivity contribution is 0.478. The molecule has 1 N–H and O–H groups in total. The van der Waals surface area contributed by atoms with Gasteiger partial charge in [0.1, 0.15) is 5.75 Å². The maximum atomic E-state index is 11.4. The van der Waals surface area contributed by atoms with Gasteiger partial charge in [-0.15, -0.1) is 0 Å². The van der Waals surface area contributed by atoms with E-state index in [9.17, 15) is 5.11 Å². The number of phenolic OH excluding ortho intramolecular Hbond substituents is 1. The van der Waals surface area contributed by atoms with Gasteiger partial charge < -0.3 is 5.11 Å². The van der Waals surface area contributed by atoms with E-state index in [0.717, 1.165) is 27.3 Å². The Labute approximate surface area is 232 Å². The van der Waals surface area contributed by atoms with Crippen molar-refractivity contribution in [2.24, 2.45) is 0 Å². The highest BCUT2D eigenvalue weighted by atomic mass is 16.3. The molecule has 9 rings (SSSR count). The predicted octanol–water partition coefficient (Wildman–Crippen LogP) is 9.71. The van der Waals surface area contributed by atoms with Crippen LogP contribution in [0.3, 0.4) is 0 Å². The average Bonchev–Trinajstić information content (AvgIpc) is 3.48. The van der Waals surface area contributed by atoms with Crippen molar-refractivity contribution >= 4 is 21.5 Å². The van der Waals surface area contributed by atoms with Gasteiger partial charge in [-0.2, -0.15) is 0 Å². The van der Waals surface area contributed by atoms with Gasteiger partial charge in [-0.1, -0.05) is 121 Å². The Balaban J connectivity index is 1.49. The maximum absolute atomic E-state index is 11.4. The Bertz CT molecular complexity index is 2140. The maximum Gasteiger partial charge on any atom is 0.124 e. The standard InChI is InChI=1S/C39H24O/c40-37-22-25-12-2-1-11-24(25)21-32(37)31-23-36-38(29-16-4-3-13-26(29)31)30-17-7-10-20-35(30)39(36)33-18-8-5-14-27(33)28-15-6-9-19-34(28)39/h1-23,40H. The van der Waals surface area contributed by atoms with Gasteiger partial charge in [-0.3, -0.25) is 0 Å². The highest BCUT2D eigenvalue weighted by Gasteiger charge is 2.52. The summed E-state index contributed by atoms with van der Waals surface area (Å²) in [6.07, 6.45) is 0. The first-order valence-corrected chi connectivity index (χ1v) is 13.8. The minimum atomic E-state index is -0.426. The summed E-state index contributed by atoms with van der Waals surface area (Å²) in [5.74, 6) is 0.306. The fourth-order valence-electron chi connectivity index (χ4n) is 7.62. The monoisotopic (exact) mass is 508 g/mol. The Hall–Kier alpha value is -5.14. The van der Waals surface area contributed by atoms with E-state index in [1.165, 1.54) is 49.9 Å². The molecule has 7 aromatic carbocycles. The smallest absolute Gasteiger partial charge is 0.124 e. The Kier molecular flexibility index (Phi) is 4.19. The normalized spacial score (nSPS) is 13.8. The molecule has 0 atom stereocenters. The molecule has 0 saturated heterocycles. The summed E-state index contributed by atoms with van der Waals surface area (Å²) in [4.78, 5) is 0. The molecule has 186 valence electrons. The van der Waals surface area contributed by atoms with E-state index in [1.54, 1.807) is 0 Å². The summed E-state index contributed by atoms with van der Waals surface area (Å²) in [5.41, 5.74) is 11.9. The van der Waals surface area contributed by atoms with E-state index < -0.39 is 5.41 Å². The van der Waals surface area contributed by atoms with E-state index in [0.29, 0.717) is 5.75 Å². The molecule has 1 heteroatoms. The first-order chi connectivity index (χ1) is 19.8. The van der Waals surface area contributed by atoms with Gasteiger partial charge in [0.2, 0.25) is 0 Å². The second-order valence-corrected chi connectivity index (χ2v) is 11.0. The van der Waals surface area contributed by atoms with E-state index in [-0.39, 0.29) is 0 Å². The molecular formula is C39H24O. The predicted molar refractivity (Wildman–Crippen MR) is 165 cm³/mol. The van der Waals surface area contributed by atoms with Crippen LogP contribution in [0.2, 0.25) is 0 Å². The van der Waals surface area contributed by atoms with Gasteiger partial charge in [-0.25, -0.2) is 0 Å². The zero-order valence-electron chi connectivity index (χ0n) is 21.7. The van der Waals surface area contributed by atoms with E-state index in [1.807, 2.05) is 12.1 Å². The summed E-state index contributed by atoms with van der Waals surface area (Å²) < 4.78 is 0. The lowest BCUT2D eigenvalue weighted by Gasteiger charge is -2.31. The van der Waals surface area contributed by atoms with Crippen molar-refractivity contribution in [2.75, 3.05) is 0 Å². The molecule has 0 heterocycles. The highest BCUT2D eigenvalue weighted by molar-refractivity contribution is 6.12. The summed E-state index contributed by atoms with van der Waals surface area (Å²) >= 11 is 0. The number of phenols is 1. The van der Waals surface area contributed by atoms with Gasteiger partial charge in [0.25, 0.3) is 0 Å². The van der Waals surface area contributed by atoms with Crippen LogP contribution in [0.25, 0.3) is 54.9 Å². The molecule has 0 unspecified atom stereocenters. The third-order valence-corrected chi connectivity index (χ3v) is 9.16. The van der Waals surface area contributed by atoms with Crippen molar-refractivity contribution < 1.29 is 5.11 Å². The lowest BCUT2D eigenvalue weighted by atomic mass is 9.70. The minimum Gasteiger partial charge on any atom is -0.507 e. The van der Waals surface area contributed by atoms with Crippen LogP contribution in [-0.2, 0) is 5.41 Å². The molecule has 0 aromatic heterocycles. The van der Waals surface area contributed by atoms with E-state index in [4.69, 9.17) is 0 Å². The van der Waals surface area contributed by atoms with Crippen LogP contribution in [0.5, 0.6) is 5.75 Å². The van der Waals surface area contributed by atoms with Gasteiger partial charge in [0.15, 0.2) is 0 Å². The molecule has 0 saturated carbocycles. The van der Waals surface area contributed by atoms with Crippen LogP contribution in [0.1, 0.15) is 22.3 Å². The Morgan fingerprint density at radius 3 is 1.55 bits per heavy atom. The van der Waals surface area contributed by atoms with Crippen LogP contribution >= 0.6 is 0 Å². The molecule has 0 amide bonds. The number of fused-ring (bicyclic) bond motifs is 13. The van der Waals surface area contributed by atoms with Crippen molar-refractivity contribution in [1.29, 1.82) is 0 Å². The molecule has 2 aliphatic rings. The van der Waals surface area contributed by atoms with Crippen LogP contribution in [0, 0.1) is 0 Å². The molecular weight excluding hydrogens is 484 g/mol. The van der Waals surface area contributed by atoms with E-state index >= 15 is 0 Å². The topological polar surface area (TPSA) is 20.2 Å². The molecule has 0 fully saturated rings. The minimum absolute atomic E-state index is 0.306. The third-order valence-electron chi connectivity index (χ3n) is 9.16. The fourth-order valence-corrected chi connectivity index (χ4v) is 7.62. The molecule has 40 heavy (non-hydrogen) atoms. The van der Waals surface area contributed by atoms with Crippen molar-refractivity contribution in [2.45, 2.75) is 5.41 Å². The van der Waals surface area contributed by atoms with Crippen molar-refractivity contribution in [1.82, 2.24) is 0 Å². The number of hydrogen-bond acceptors (Lipinski definition) is 1. The lowest BCUT2D eigenvalue weighted by Crippen LogP contribution is -2.25. The van der Waals surface area contributed by atoms with Crippen molar-refractivity contribution in [3.05, 3.63) is 162 Å². The number of benzene rings is 7. The average molecular weight is 509 g/mol. The number of hydrogen-bond donors (Lipinski definition) is 1.